The van der Waals surface area contributed by atoms with Gasteiger partial charge in [-0.25, -0.2) is 13.1 Å². The maximum atomic E-state index is 14.1. The van der Waals surface area contributed by atoms with Gasteiger partial charge in [0.1, 0.15) is 0 Å². The topological polar surface area (TPSA) is 72.5 Å². The molecule has 1 amide bonds. The van der Waals surface area contributed by atoms with Crippen LogP contribution in [0.4, 0.5) is 8.78 Å². The summed E-state index contributed by atoms with van der Waals surface area (Å²) in [5.41, 5.74) is 0. The predicted molar refractivity (Wildman–Crippen MR) is 75.3 cm³/mol. The van der Waals surface area contributed by atoms with Crippen LogP contribution in [0.15, 0.2) is 29.2 Å². The average Bonchev–Trinajstić information content (AvgIpc) is 2.48. The van der Waals surface area contributed by atoms with Crippen molar-refractivity contribution >= 4 is 27.5 Å². The Bertz CT molecular complexity index is 643. The summed E-state index contributed by atoms with van der Waals surface area (Å²) in [5.74, 6) is -6.83. The highest BCUT2D eigenvalue weighted by atomic mass is 35.5. The van der Waals surface area contributed by atoms with Crippen LogP contribution < -0.4 is 4.72 Å². The van der Waals surface area contributed by atoms with Crippen LogP contribution in [0.3, 0.4) is 0 Å². The molecule has 0 spiro atoms. The lowest BCUT2D eigenvalue weighted by Gasteiger charge is -2.28. The zero-order valence-corrected chi connectivity index (χ0v) is 13.0. The zero-order valence-electron chi connectivity index (χ0n) is 11.4. The van der Waals surface area contributed by atoms with Gasteiger partial charge in [-0.15, -0.1) is 0 Å². The Hall–Kier alpha value is -1.25. The molecule has 122 valence electrons. The van der Waals surface area contributed by atoms with Crippen LogP contribution in [0.2, 0.25) is 5.02 Å². The molecule has 1 heterocycles. The monoisotopic (exact) mass is 353 g/mol. The number of alkyl halides is 2. The van der Waals surface area contributed by atoms with E-state index in [2.05, 4.69) is 0 Å². The number of benzene rings is 1. The maximum absolute atomic E-state index is 14.1. The van der Waals surface area contributed by atoms with Gasteiger partial charge in [0, 0.05) is 24.2 Å². The van der Waals surface area contributed by atoms with Crippen LogP contribution in [-0.2, 0) is 19.6 Å². The molecule has 0 radical (unpaired) electrons. The van der Waals surface area contributed by atoms with E-state index < -0.39 is 27.8 Å². The summed E-state index contributed by atoms with van der Waals surface area (Å²) in [6, 6.07) is 4.84. The molecule has 22 heavy (non-hydrogen) atoms. The van der Waals surface area contributed by atoms with E-state index >= 15 is 0 Å². The van der Waals surface area contributed by atoms with Crippen molar-refractivity contribution in [2.24, 2.45) is 5.92 Å². The molecule has 1 aromatic carbocycles. The number of halogens is 3. The first-order chi connectivity index (χ1) is 10.2. The molecule has 1 saturated heterocycles. The molecule has 9 heteroatoms. The number of nitrogens with one attached hydrogen (secondary N) is 1. The summed E-state index contributed by atoms with van der Waals surface area (Å²) in [5, 5.41) is 0.290. The largest absolute Gasteiger partial charge is 0.381 e. The normalized spacial score (nSPS) is 17.2. The van der Waals surface area contributed by atoms with Crippen molar-refractivity contribution in [3.8, 4) is 0 Å². The molecule has 0 unspecified atom stereocenters. The van der Waals surface area contributed by atoms with Gasteiger partial charge >= 0.3 is 11.8 Å². The van der Waals surface area contributed by atoms with Crippen LogP contribution in [0.1, 0.15) is 12.8 Å². The van der Waals surface area contributed by atoms with Gasteiger partial charge in [-0.2, -0.15) is 8.78 Å². The minimum Gasteiger partial charge on any atom is -0.381 e. The van der Waals surface area contributed by atoms with E-state index in [1.54, 1.807) is 0 Å². The first-order valence-electron chi connectivity index (χ1n) is 6.52. The van der Waals surface area contributed by atoms with Crippen molar-refractivity contribution in [1.29, 1.82) is 0 Å². The summed E-state index contributed by atoms with van der Waals surface area (Å²) in [6.45, 7) is 0.245. The lowest BCUT2D eigenvalue weighted by atomic mass is 9.92. The highest BCUT2D eigenvalue weighted by Crippen LogP contribution is 2.33. The van der Waals surface area contributed by atoms with E-state index in [9.17, 15) is 22.0 Å². The number of sulfonamides is 1. The first-order valence-corrected chi connectivity index (χ1v) is 8.38. The number of hydrogen-bond donors (Lipinski definition) is 1. The lowest BCUT2D eigenvalue weighted by Crippen LogP contribution is -2.48. The number of carbonyl (C=O) groups excluding carboxylic acids is 1. The van der Waals surface area contributed by atoms with Crippen LogP contribution in [0.5, 0.6) is 0 Å². The molecule has 5 nitrogen and oxygen atoms in total. The number of ether oxygens (including phenoxy) is 1. The Balaban J connectivity index is 2.14. The van der Waals surface area contributed by atoms with Gasteiger partial charge in [-0.1, -0.05) is 11.6 Å². The summed E-state index contributed by atoms with van der Waals surface area (Å²) in [6.07, 6.45) is 0.00280. The Kier molecular flexibility index (Phi) is 5.03. The molecule has 1 aliphatic rings. The first kappa shape index (κ1) is 17.1. The van der Waals surface area contributed by atoms with E-state index in [4.69, 9.17) is 16.3 Å². The highest BCUT2D eigenvalue weighted by molar-refractivity contribution is 7.90. The fourth-order valence-corrected chi connectivity index (χ4v) is 3.23. The van der Waals surface area contributed by atoms with Crippen LogP contribution >= 0.6 is 11.6 Å². The maximum Gasteiger partial charge on any atom is 0.328 e. The standard InChI is InChI=1S/C13H14ClF2NO4S/c14-10-1-3-11(4-2-10)22(19,20)17-12(18)13(15,16)9-5-7-21-8-6-9/h1-4,9H,5-8H2,(H,17,18). The summed E-state index contributed by atoms with van der Waals surface area (Å²) in [7, 11) is -4.37. The second-order valence-corrected chi connectivity index (χ2v) is 7.02. The molecule has 1 aromatic rings. The molecule has 1 fully saturated rings. The molecular weight excluding hydrogens is 340 g/mol. The van der Waals surface area contributed by atoms with Crippen molar-refractivity contribution in [1.82, 2.24) is 4.72 Å². The Labute approximate surface area is 131 Å². The molecule has 1 aliphatic heterocycles. The predicted octanol–water partition coefficient (Wildman–Crippen LogP) is 2.21. The van der Waals surface area contributed by atoms with Gasteiger partial charge in [0.25, 0.3) is 10.0 Å². The number of hydrogen-bond acceptors (Lipinski definition) is 4. The summed E-state index contributed by atoms with van der Waals surface area (Å²) >= 11 is 5.63. The molecule has 2 rings (SSSR count). The third-order valence-corrected chi connectivity index (χ3v) is 4.99. The van der Waals surface area contributed by atoms with E-state index in [-0.39, 0.29) is 36.0 Å². The number of rotatable bonds is 4. The smallest absolute Gasteiger partial charge is 0.328 e. The molecule has 0 bridgehead atoms. The van der Waals surface area contributed by atoms with Crippen LogP contribution in [0.25, 0.3) is 0 Å². The lowest BCUT2D eigenvalue weighted by molar-refractivity contribution is -0.157. The van der Waals surface area contributed by atoms with Crippen molar-refractivity contribution in [2.45, 2.75) is 23.7 Å². The van der Waals surface area contributed by atoms with Gasteiger partial charge in [0.05, 0.1) is 4.90 Å². The SMILES string of the molecule is O=C(NS(=O)(=O)c1ccc(Cl)cc1)C(F)(F)C1CCOCC1. The number of amides is 1. The van der Waals surface area contributed by atoms with Gasteiger partial charge in [-0.3, -0.25) is 4.79 Å². The third kappa shape index (κ3) is 3.74. The minimum atomic E-state index is -4.37. The van der Waals surface area contributed by atoms with Crippen LogP contribution in [0, 0.1) is 5.92 Å². The minimum absolute atomic E-state index is 0.00140. The van der Waals surface area contributed by atoms with Gasteiger partial charge < -0.3 is 4.74 Å². The van der Waals surface area contributed by atoms with E-state index in [1.165, 1.54) is 16.9 Å². The second kappa shape index (κ2) is 6.47. The van der Waals surface area contributed by atoms with Crippen molar-refractivity contribution < 1.29 is 26.7 Å². The fourth-order valence-electron chi connectivity index (χ4n) is 2.11. The van der Waals surface area contributed by atoms with Gasteiger partial charge in [0.15, 0.2) is 0 Å². The Morgan fingerprint density at radius 3 is 2.32 bits per heavy atom. The number of carbonyl (C=O) groups is 1. The van der Waals surface area contributed by atoms with E-state index in [0.29, 0.717) is 0 Å². The van der Waals surface area contributed by atoms with Crippen molar-refractivity contribution in [2.75, 3.05) is 13.2 Å². The molecule has 0 saturated carbocycles. The summed E-state index contributed by atoms with van der Waals surface area (Å²) < 4.78 is 58.4. The second-order valence-electron chi connectivity index (χ2n) is 4.90. The molecular formula is C13H14ClF2NO4S. The van der Waals surface area contributed by atoms with Gasteiger partial charge in [-0.05, 0) is 37.1 Å². The average molecular weight is 354 g/mol. The molecule has 0 atom stereocenters. The van der Waals surface area contributed by atoms with Gasteiger partial charge in [0.2, 0.25) is 0 Å². The highest BCUT2D eigenvalue weighted by Gasteiger charge is 2.48. The Morgan fingerprint density at radius 2 is 1.77 bits per heavy atom. The zero-order chi connectivity index (χ0) is 16.4. The molecule has 0 aliphatic carbocycles. The van der Waals surface area contributed by atoms with E-state index in [0.717, 1.165) is 12.1 Å². The van der Waals surface area contributed by atoms with Crippen LogP contribution in [-0.4, -0.2) is 33.5 Å². The molecule has 1 N–H and O–H groups in total. The van der Waals surface area contributed by atoms with Crippen molar-refractivity contribution in [3.05, 3.63) is 29.3 Å². The Morgan fingerprint density at radius 1 is 1.23 bits per heavy atom. The third-order valence-electron chi connectivity index (χ3n) is 3.39. The fraction of sp³-hybridized carbons (Fsp3) is 0.462. The molecule has 0 aromatic heterocycles. The van der Waals surface area contributed by atoms with Crippen molar-refractivity contribution in [3.63, 3.8) is 0 Å². The van der Waals surface area contributed by atoms with E-state index in [1.807, 2.05) is 0 Å². The quantitative estimate of drug-likeness (QED) is 0.900. The summed E-state index contributed by atoms with van der Waals surface area (Å²) in [4.78, 5) is 11.4.